The maximum absolute atomic E-state index is 13.7. The van der Waals surface area contributed by atoms with Gasteiger partial charge < -0.3 is 5.32 Å². The van der Waals surface area contributed by atoms with Crippen molar-refractivity contribution in [2.75, 3.05) is 24.2 Å². The number of carbonyl (C=O) groups excluding carboxylic acids is 1. The van der Waals surface area contributed by atoms with Gasteiger partial charge in [-0.3, -0.25) is 4.79 Å². The van der Waals surface area contributed by atoms with Crippen LogP contribution in [0.4, 0.5) is 14.5 Å². The second-order valence-electron chi connectivity index (χ2n) is 7.19. The fraction of sp³-hybridized carbons (Fsp3) is 0.381. The van der Waals surface area contributed by atoms with Crippen LogP contribution in [-0.4, -0.2) is 37.5 Å². The van der Waals surface area contributed by atoms with Gasteiger partial charge in [0, 0.05) is 25.1 Å². The Morgan fingerprint density at radius 2 is 1.76 bits per heavy atom. The molecule has 1 fully saturated rings. The van der Waals surface area contributed by atoms with Crippen molar-refractivity contribution >= 4 is 21.6 Å². The summed E-state index contributed by atoms with van der Waals surface area (Å²) < 4.78 is 53.2. The van der Waals surface area contributed by atoms with E-state index >= 15 is 0 Å². The van der Waals surface area contributed by atoms with Gasteiger partial charge in [-0.05, 0) is 43.4 Å². The number of rotatable bonds is 7. The lowest BCUT2D eigenvalue weighted by Gasteiger charge is -2.30. The van der Waals surface area contributed by atoms with Gasteiger partial charge in [0.1, 0.15) is 11.6 Å². The first kappa shape index (κ1) is 21.4. The maximum Gasteiger partial charge on any atom is 0.227 e. The second kappa shape index (κ2) is 9.45. The van der Waals surface area contributed by atoms with Gasteiger partial charge in [-0.2, -0.15) is 0 Å². The molecule has 0 atom stereocenters. The summed E-state index contributed by atoms with van der Waals surface area (Å²) in [4.78, 5) is 12.4. The second-order valence-corrected chi connectivity index (χ2v) is 9.28. The molecular formula is C21H24F2N2O3S. The minimum atomic E-state index is -3.37. The fourth-order valence-electron chi connectivity index (χ4n) is 3.45. The normalized spacial score (nSPS) is 15.9. The Morgan fingerprint density at radius 3 is 2.41 bits per heavy atom. The summed E-state index contributed by atoms with van der Waals surface area (Å²) in [6.45, 7) is 0.523. The van der Waals surface area contributed by atoms with Crippen LogP contribution in [0.5, 0.6) is 0 Å². The van der Waals surface area contributed by atoms with Gasteiger partial charge in [0.15, 0.2) is 0 Å². The molecule has 3 rings (SSSR count). The van der Waals surface area contributed by atoms with Crippen LogP contribution < -0.4 is 5.32 Å². The standard InChI is InChI=1S/C21H24F2N2O3S/c22-18-8-9-20(19(23)15-18)24-21(26)17-10-12-25(13-11-17)29(27,28)14-4-7-16-5-2-1-3-6-16/h1-3,5-6,8-9,15,17H,4,7,10-14H2,(H,24,26). The van der Waals surface area contributed by atoms with Gasteiger partial charge in [-0.15, -0.1) is 0 Å². The summed E-state index contributed by atoms with van der Waals surface area (Å²) >= 11 is 0. The van der Waals surface area contributed by atoms with Crippen LogP contribution in [0, 0.1) is 17.6 Å². The molecule has 1 saturated heterocycles. The van der Waals surface area contributed by atoms with E-state index in [9.17, 15) is 22.0 Å². The zero-order valence-electron chi connectivity index (χ0n) is 16.0. The van der Waals surface area contributed by atoms with E-state index in [4.69, 9.17) is 0 Å². The lowest BCUT2D eigenvalue weighted by molar-refractivity contribution is -0.120. The highest BCUT2D eigenvalue weighted by molar-refractivity contribution is 7.89. The molecule has 1 heterocycles. The van der Waals surface area contributed by atoms with Crippen molar-refractivity contribution in [3.8, 4) is 0 Å². The van der Waals surface area contributed by atoms with Crippen molar-refractivity contribution < 1.29 is 22.0 Å². The molecule has 0 saturated carbocycles. The van der Waals surface area contributed by atoms with E-state index in [2.05, 4.69) is 5.32 Å². The number of hydrogen-bond donors (Lipinski definition) is 1. The predicted molar refractivity (Wildman–Crippen MR) is 108 cm³/mol. The van der Waals surface area contributed by atoms with Crippen molar-refractivity contribution in [2.24, 2.45) is 5.92 Å². The maximum atomic E-state index is 13.7. The number of benzene rings is 2. The SMILES string of the molecule is O=C(Nc1ccc(F)cc1F)C1CCN(S(=O)(=O)CCCc2ccccc2)CC1. The lowest BCUT2D eigenvalue weighted by atomic mass is 9.97. The summed E-state index contributed by atoms with van der Waals surface area (Å²) in [7, 11) is -3.37. The van der Waals surface area contributed by atoms with E-state index < -0.39 is 27.6 Å². The molecule has 1 amide bonds. The molecule has 0 radical (unpaired) electrons. The van der Waals surface area contributed by atoms with E-state index in [1.807, 2.05) is 30.3 Å². The molecule has 0 aromatic heterocycles. The van der Waals surface area contributed by atoms with Crippen LogP contribution in [-0.2, 0) is 21.2 Å². The zero-order chi connectivity index (χ0) is 20.9. The van der Waals surface area contributed by atoms with E-state index in [1.165, 1.54) is 10.4 Å². The number of aryl methyl sites for hydroxylation is 1. The fourth-order valence-corrected chi connectivity index (χ4v) is 4.99. The number of sulfonamides is 1. The van der Waals surface area contributed by atoms with Crippen LogP contribution in [0.25, 0.3) is 0 Å². The molecule has 5 nitrogen and oxygen atoms in total. The first-order valence-electron chi connectivity index (χ1n) is 9.63. The van der Waals surface area contributed by atoms with Crippen LogP contribution in [0.15, 0.2) is 48.5 Å². The number of hydrogen-bond acceptors (Lipinski definition) is 3. The minimum absolute atomic E-state index is 0.0690. The first-order valence-corrected chi connectivity index (χ1v) is 11.2. The topological polar surface area (TPSA) is 66.5 Å². The molecule has 8 heteroatoms. The number of carbonyl (C=O) groups is 1. The van der Waals surface area contributed by atoms with Crippen LogP contribution in [0.1, 0.15) is 24.8 Å². The average molecular weight is 422 g/mol. The van der Waals surface area contributed by atoms with Crippen molar-refractivity contribution in [1.82, 2.24) is 4.31 Å². The first-order chi connectivity index (χ1) is 13.8. The number of nitrogens with one attached hydrogen (secondary N) is 1. The van der Waals surface area contributed by atoms with Crippen molar-refractivity contribution in [1.29, 1.82) is 0 Å². The highest BCUT2D eigenvalue weighted by atomic mass is 32.2. The van der Waals surface area contributed by atoms with Gasteiger partial charge >= 0.3 is 0 Å². The summed E-state index contributed by atoms with van der Waals surface area (Å²) in [5, 5.41) is 2.46. The van der Waals surface area contributed by atoms with Gasteiger partial charge in [0.05, 0.1) is 11.4 Å². The van der Waals surface area contributed by atoms with Crippen LogP contribution in [0.3, 0.4) is 0 Å². The largest absolute Gasteiger partial charge is 0.323 e. The molecule has 1 aliphatic rings. The van der Waals surface area contributed by atoms with Gasteiger partial charge in [-0.1, -0.05) is 30.3 Å². The van der Waals surface area contributed by atoms with E-state index in [0.29, 0.717) is 31.7 Å². The number of anilines is 1. The molecule has 0 bridgehead atoms. The molecule has 1 aliphatic heterocycles. The summed E-state index contributed by atoms with van der Waals surface area (Å²) in [6.07, 6.45) is 1.97. The Morgan fingerprint density at radius 1 is 1.07 bits per heavy atom. The average Bonchev–Trinajstić information content (AvgIpc) is 2.71. The van der Waals surface area contributed by atoms with Crippen molar-refractivity contribution in [3.63, 3.8) is 0 Å². The third kappa shape index (κ3) is 5.83. The lowest BCUT2D eigenvalue weighted by Crippen LogP contribution is -2.42. The molecule has 0 spiro atoms. The van der Waals surface area contributed by atoms with E-state index in [-0.39, 0.29) is 30.4 Å². The molecule has 1 N–H and O–H groups in total. The number of piperidine rings is 1. The molecule has 0 aliphatic carbocycles. The quantitative estimate of drug-likeness (QED) is 0.742. The highest BCUT2D eigenvalue weighted by Gasteiger charge is 2.31. The van der Waals surface area contributed by atoms with Crippen LogP contribution in [0.2, 0.25) is 0 Å². The Kier molecular flexibility index (Phi) is 6.97. The third-order valence-corrected chi connectivity index (χ3v) is 7.07. The molecule has 2 aromatic rings. The van der Waals surface area contributed by atoms with Gasteiger partial charge in [-0.25, -0.2) is 21.5 Å². The Hall–Kier alpha value is -2.32. The summed E-state index contributed by atoms with van der Waals surface area (Å²) in [6, 6.07) is 12.7. The monoisotopic (exact) mass is 422 g/mol. The molecule has 0 unspecified atom stereocenters. The smallest absolute Gasteiger partial charge is 0.227 e. The van der Waals surface area contributed by atoms with Crippen molar-refractivity contribution in [3.05, 3.63) is 65.7 Å². The Labute approximate surface area is 169 Å². The zero-order valence-corrected chi connectivity index (χ0v) is 16.8. The molecular weight excluding hydrogens is 398 g/mol. The van der Waals surface area contributed by atoms with Gasteiger partial charge in [0.25, 0.3) is 0 Å². The molecule has 29 heavy (non-hydrogen) atoms. The number of halogens is 2. The minimum Gasteiger partial charge on any atom is -0.323 e. The van der Waals surface area contributed by atoms with E-state index in [0.717, 1.165) is 11.6 Å². The highest BCUT2D eigenvalue weighted by Crippen LogP contribution is 2.23. The van der Waals surface area contributed by atoms with Gasteiger partial charge in [0.2, 0.25) is 15.9 Å². The molecule has 156 valence electrons. The number of amides is 1. The summed E-state index contributed by atoms with van der Waals surface area (Å²) in [5.41, 5.74) is 1.03. The van der Waals surface area contributed by atoms with E-state index in [1.54, 1.807) is 0 Å². The predicted octanol–water partition coefficient (Wildman–Crippen LogP) is 3.58. The van der Waals surface area contributed by atoms with Crippen molar-refractivity contribution in [2.45, 2.75) is 25.7 Å². The Balaban J connectivity index is 1.48. The molecule has 2 aromatic carbocycles. The Bertz CT molecular complexity index is 944. The third-order valence-electron chi connectivity index (χ3n) is 5.12. The number of nitrogens with zero attached hydrogens (tertiary/aromatic N) is 1. The summed E-state index contributed by atoms with van der Waals surface area (Å²) in [5.74, 6) is -2.27. The van der Waals surface area contributed by atoms with Crippen LogP contribution >= 0.6 is 0 Å².